The van der Waals surface area contributed by atoms with Crippen LogP contribution in [0.2, 0.25) is 0 Å². The van der Waals surface area contributed by atoms with Gasteiger partial charge in [-0.2, -0.15) is 0 Å². The highest BCUT2D eigenvalue weighted by molar-refractivity contribution is 5.73. The van der Waals surface area contributed by atoms with E-state index in [2.05, 4.69) is 0 Å². The maximum absolute atomic E-state index is 10.2. The summed E-state index contributed by atoms with van der Waals surface area (Å²) in [4.78, 5) is 0. The summed E-state index contributed by atoms with van der Waals surface area (Å²) >= 11 is 0. The minimum Gasteiger partial charge on any atom is -0.508 e. The zero-order valence-corrected chi connectivity index (χ0v) is 16.3. The maximum atomic E-state index is 10.2. The summed E-state index contributed by atoms with van der Waals surface area (Å²) in [5, 5.41) is 59.5. The largest absolute Gasteiger partial charge is 0.508 e. The molecule has 0 saturated heterocycles. The maximum Gasteiger partial charge on any atom is 0.220 e. The van der Waals surface area contributed by atoms with E-state index < -0.39 is 17.2 Å². The van der Waals surface area contributed by atoms with E-state index in [1.54, 1.807) is 0 Å². The number of fused-ring (bicyclic) bond motifs is 2. The Morgan fingerprint density at radius 3 is 1.70 bits per heavy atom. The summed E-state index contributed by atoms with van der Waals surface area (Å²) in [6.45, 7) is 5.52. The van der Waals surface area contributed by atoms with Crippen molar-refractivity contribution < 1.29 is 44.8 Å². The molecule has 158 valence electrons. The van der Waals surface area contributed by atoms with Crippen LogP contribution in [0.3, 0.4) is 0 Å². The molecule has 0 aliphatic carbocycles. The number of benzene rings is 3. The quantitative estimate of drug-likeness (QED) is 0.267. The van der Waals surface area contributed by atoms with Crippen LogP contribution in [0.25, 0.3) is 0 Å². The second-order valence-electron chi connectivity index (χ2n) is 6.09. The highest BCUT2D eigenvalue weighted by atomic mass is 16.6. The lowest BCUT2D eigenvalue weighted by Crippen LogP contribution is -2.03. The summed E-state index contributed by atoms with van der Waals surface area (Å²) in [5.74, 6) is -3.25. The topological polar surface area (TPSA) is 149 Å². The molecule has 0 bridgehead atoms. The van der Waals surface area contributed by atoms with Crippen LogP contribution in [0.4, 0.5) is 0 Å². The molecule has 4 rings (SSSR count). The lowest BCUT2D eigenvalue weighted by Gasteiger charge is -2.25. The van der Waals surface area contributed by atoms with Crippen LogP contribution in [0.15, 0.2) is 30.3 Å². The van der Waals surface area contributed by atoms with E-state index in [-0.39, 0.29) is 57.3 Å². The van der Waals surface area contributed by atoms with Gasteiger partial charge in [-0.15, -0.1) is 0 Å². The van der Waals surface area contributed by atoms with E-state index in [1.165, 1.54) is 19.1 Å². The molecule has 1 heterocycles. The lowest BCUT2D eigenvalue weighted by molar-refractivity contribution is 0.297. The van der Waals surface area contributed by atoms with Crippen molar-refractivity contribution in [1.29, 1.82) is 0 Å². The number of hydrogen-bond acceptors (Lipinski definition) is 9. The normalized spacial score (nSPS) is 11.2. The number of phenolic OH excluding ortho intramolecular Hbond substituents is 6. The first-order valence-electron chi connectivity index (χ1n) is 8.95. The summed E-state index contributed by atoms with van der Waals surface area (Å²) < 4.78 is 16.7. The Kier molecular flexibility index (Phi) is 5.29. The second-order valence-corrected chi connectivity index (χ2v) is 6.09. The smallest absolute Gasteiger partial charge is 0.220 e. The highest BCUT2D eigenvalue weighted by Gasteiger charge is 2.33. The Morgan fingerprint density at radius 1 is 0.600 bits per heavy atom. The first-order chi connectivity index (χ1) is 14.2. The Hall–Kier alpha value is -4.14. The van der Waals surface area contributed by atoms with Crippen LogP contribution >= 0.6 is 0 Å². The van der Waals surface area contributed by atoms with Gasteiger partial charge in [-0.3, -0.25) is 0 Å². The van der Waals surface area contributed by atoms with Gasteiger partial charge in [0.25, 0.3) is 0 Å². The third-order valence-electron chi connectivity index (χ3n) is 4.09. The monoisotopic (exact) mass is 416 g/mol. The predicted octanol–water partition coefficient (Wildman–Crippen LogP) is 4.95. The standard InChI is InChI=1S/C19H14O9.C2H6/c1-7-11(22)5-12(23)16-15(7)27-18-14(25)6-13(24)17(19(18)28-16)26-10-3-8(20)2-9(21)4-10;1-2/h2-6,20-25H,1H3;1-2H3. The van der Waals surface area contributed by atoms with Gasteiger partial charge in [-0.1, -0.05) is 13.8 Å². The molecular formula is C21H20O9. The summed E-state index contributed by atoms with van der Waals surface area (Å²) in [5.41, 5.74) is 0.256. The van der Waals surface area contributed by atoms with E-state index in [0.29, 0.717) is 0 Å². The molecule has 0 aromatic heterocycles. The van der Waals surface area contributed by atoms with Crippen molar-refractivity contribution in [3.05, 3.63) is 35.9 Å². The zero-order valence-electron chi connectivity index (χ0n) is 16.3. The second kappa shape index (κ2) is 7.70. The van der Waals surface area contributed by atoms with Gasteiger partial charge in [0.15, 0.2) is 23.0 Å². The third-order valence-corrected chi connectivity index (χ3v) is 4.09. The molecule has 0 radical (unpaired) electrons. The minimum atomic E-state index is -0.527. The minimum absolute atomic E-state index is 0.0214. The average molecular weight is 416 g/mol. The molecule has 3 aromatic rings. The number of phenols is 6. The van der Waals surface area contributed by atoms with Gasteiger partial charge in [0.2, 0.25) is 23.0 Å². The van der Waals surface area contributed by atoms with Gasteiger partial charge in [-0.25, -0.2) is 0 Å². The van der Waals surface area contributed by atoms with Crippen LogP contribution in [0.1, 0.15) is 19.4 Å². The fourth-order valence-corrected chi connectivity index (χ4v) is 2.76. The molecule has 0 fully saturated rings. The van der Waals surface area contributed by atoms with Crippen molar-refractivity contribution in [2.75, 3.05) is 0 Å². The van der Waals surface area contributed by atoms with Crippen LogP contribution < -0.4 is 14.2 Å². The number of rotatable bonds is 2. The number of ether oxygens (including phenoxy) is 3. The third kappa shape index (κ3) is 3.48. The van der Waals surface area contributed by atoms with Gasteiger partial charge in [0.05, 0.1) is 0 Å². The van der Waals surface area contributed by atoms with Gasteiger partial charge < -0.3 is 44.8 Å². The van der Waals surface area contributed by atoms with Crippen LogP contribution in [0.5, 0.6) is 69.0 Å². The van der Waals surface area contributed by atoms with Crippen molar-refractivity contribution in [1.82, 2.24) is 0 Å². The Bertz CT molecular complexity index is 1100. The fraction of sp³-hybridized carbons (Fsp3) is 0.143. The van der Waals surface area contributed by atoms with Gasteiger partial charge in [0.1, 0.15) is 23.0 Å². The van der Waals surface area contributed by atoms with Crippen molar-refractivity contribution in [2.24, 2.45) is 0 Å². The highest BCUT2D eigenvalue weighted by Crippen LogP contribution is 2.61. The molecular weight excluding hydrogens is 396 g/mol. The van der Waals surface area contributed by atoms with Gasteiger partial charge in [-0.05, 0) is 6.92 Å². The first kappa shape index (κ1) is 20.6. The van der Waals surface area contributed by atoms with Gasteiger partial charge in [0, 0.05) is 35.9 Å². The summed E-state index contributed by atoms with van der Waals surface area (Å²) in [6.07, 6.45) is 0. The summed E-state index contributed by atoms with van der Waals surface area (Å²) in [7, 11) is 0. The van der Waals surface area contributed by atoms with E-state index in [9.17, 15) is 30.6 Å². The van der Waals surface area contributed by atoms with Crippen molar-refractivity contribution >= 4 is 0 Å². The Labute approximate surface area is 171 Å². The molecule has 0 saturated carbocycles. The van der Waals surface area contributed by atoms with Crippen molar-refractivity contribution in [2.45, 2.75) is 20.8 Å². The molecule has 9 heteroatoms. The number of hydrogen-bond donors (Lipinski definition) is 6. The lowest BCUT2D eigenvalue weighted by atomic mass is 10.1. The first-order valence-corrected chi connectivity index (χ1v) is 8.95. The molecule has 0 unspecified atom stereocenters. The van der Waals surface area contributed by atoms with Crippen molar-refractivity contribution in [3.8, 4) is 69.0 Å². The fourth-order valence-electron chi connectivity index (χ4n) is 2.76. The van der Waals surface area contributed by atoms with Crippen LogP contribution in [-0.2, 0) is 0 Å². The summed E-state index contributed by atoms with van der Waals surface area (Å²) in [6, 6.07) is 5.44. The molecule has 6 N–H and O–H groups in total. The molecule has 30 heavy (non-hydrogen) atoms. The Balaban J connectivity index is 0.00000124. The van der Waals surface area contributed by atoms with E-state index in [4.69, 9.17) is 14.2 Å². The molecule has 3 aromatic carbocycles. The molecule has 1 aliphatic rings. The zero-order chi connectivity index (χ0) is 22.2. The van der Waals surface area contributed by atoms with Crippen LogP contribution in [-0.4, -0.2) is 30.6 Å². The Morgan fingerprint density at radius 2 is 1.10 bits per heavy atom. The molecule has 0 atom stereocenters. The predicted molar refractivity (Wildman–Crippen MR) is 106 cm³/mol. The average Bonchev–Trinajstić information content (AvgIpc) is 2.69. The van der Waals surface area contributed by atoms with Crippen LogP contribution in [0, 0.1) is 6.92 Å². The molecule has 1 aliphatic heterocycles. The molecule has 9 nitrogen and oxygen atoms in total. The van der Waals surface area contributed by atoms with E-state index >= 15 is 0 Å². The molecule has 0 amide bonds. The van der Waals surface area contributed by atoms with E-state index in [0.717, 1.165) is 18.2 Å². The number of aromatic hydroxyl groups is 6. The van der Waals surface area contributed by atoms with Gasteiger partial charge >= 0.3 is 0 Å². The SMILES string of the molecule is CC.Cc1c(O)cc(O)c2c1Oc1c(O)cc(O)c(Oc3cc(O)cc(O)c3)c1O2. The molecule has 0 spiro atoms. The van der Waals surface area contributed by atoms with Crippen molar-refractivity contribution in [3.63, 3.8) is 0 Å². The van der Waals surface area contributed by atoms with E-state index in [1.807, 2.05) is 13.8 Å².